The highest BCUT2D eigenvalue weighted by Gasteiger charge is 2.20. The van der Waals surface area contributed by atoms with Gasteiger partial charge in [-0.05, 0) is 136 Å². The van der Waals surface area contributed by atoms with Crippen LogP contribution in [-0.2, 0) is 13.1 Å². The van der Waals surface area contributed by atoms with Gasteiger partial charge in [0, 0.05) is 25.5 Å². The van der Waals surface area contributed by atoms with Crippen molar-refractivity contribution in [1.82, 2.24) is 9.80 Å². The van der Waals surface area contributed by atoms with Crippen LogP contribution in [0.15, 0.2) is 12.4 Å². The van der Waals surface area contributed by atoms with E-state index in [2.05, 4.69) is 91.4 Å². The van der Waals surface area contributed by atoms with Gasteiger partial charge in [-0.15, -0.1) is 0 Å². The summed E-state index contributed by atoms with van der Waals surface area (Å²) in [4.78, 5) is 4.89. The monoisotopic (exact) mass is 390 g/mol. The first-order valence-corrected chi connectivity index (χ1v) is 10.8. The zero-order valence-electron chi connectivity index (χ0n) is 20.2. The third-order valence-corrected chi connectivity index (χ3v) is 7.88. The van der Waals surface area contributed by atoms with Gasteiger partial charge in [-0.3, -0.25) is 0 Å². The largest absolute Gasteiger partial charge is 0.354 e. The molecule has 0 saturated heterocycles. The van der Waals surface area contributed by atoms with Crippen molar-refractivity contribution < 1.29 is 0 Å². The second-order valence-electron chi connectivity index (χ2n) is 9.14. The number of nitrogens with zero attached hydrogens (tertiary/aromatic N) is 2. The third-order valence-electron chi connectivity index (χ3n) is 7.88. The van der Waals surface area contributed by atoms with Crippen molar-refractivity contribution in [2.75, 3.05) is 6.67 Å². The normalized spacial score (nSPS) is 13.7. The van der Waals surface area contributed by atoms with E-state index < -0.39 is 0 Å². The van der Waals surface area contributed by atoms with Gasteiger partial charge in [0.2, 0.25) is 0 Å². The van der Waals surface area contributed by atoms with Crippen LogP contribution in [0.1, 0.15) is 66.8 Å². The van der Waals surface area contributed by atoms with Gasteiger partial charge < -0.3 is 9.80 Å². The zero-order chi connectivity index (χ0) is 21.6. The van der Waals surface area contributed by atoms with E-state index in [1.54, 1.807) is 0 Å². The SMILES string of the molecule is Cc1c(C)c(C)c(CN2C=CN(Cc3c(C)c(C)c(C)c(C)c3C)C2)c(C)c1C. The quantitative estimate of drug-likeness (QED) is 0.586. The van der Waals surface area contributed by atoms with Crippen LogP contribution in [-0.4, -0.2) is 16.5 Å². The molecule has 2 aromatic carbocycles. The van der Waals surface area contributed by atoms with Crippen molar-refractivity contribution >= 4 is 0 Å². The third kappa shape index (κ3) is 3.70. The average molecular weight is 391 g/mol. The van der Waals surface area contributed by atoms with Gasteiger partial charge in [-0.25, -0.2) is 0 Å². The molecule has 1 aliphatic heterocycles. The molecule has 2 aromatic rings. The van der Waals surface area contributed by atoms with Gasteiger partial charge in [0.25, 0.3) is 0 Å². The number of benzene rings is 2. The molecule has 156 valence electrons. The molecule has 2 nitrogen and oxygen atoms in total. The maximum absolute atomic E-state index is 2.45. The first-order valence-electron chi connectivity index (χ1n) is 10.8. The summed E-state index contributed by atoms with van der Waals surface area (Å²) in [5.41, 5.74) is 17.5. The van der Waals surface area contributed by atoms with E-state index in [1.807, 2.05) is 0 Å². The van der Waals surface area contributed by atoms with E-state index in [1.165, 1.54) is 66.8 Å². The second kappa shape index (κ2) is 7.89. The first-order chi connectivity index (χ1) is 13.5. The zero-order valence-corrected chi connectivity index (χ0v) is 20.2. The molecule has 0 aliphatic carbocycles. The van der Waals surface area contributed by atoms with Crippen LogP contribution in [0.3, 0.4) is 0 Å². The van der Waals surface area contributed by atoms with Crippen LogP contribution < -0.4 is 0 Å². The standard InChI is InChI=1S/C27H38N2/c1-16-18(3)22(7)26(23(8)19(16)4)13-28-11-12-29(15-28)14-27-24(9)20(5)17(2)21(6)25(27)10/h11-12H,13-15H2,1-10H3. The molecule has 0 bridgehead atoms. The Morgan fingerprint density at radius 3 is 0.966 bits per heavy atom. The van der Waals surface area contributed by atoms with Crippen molar-refractivity contribution in [3.63, 3.8) is 0 Å². The van der Waals surface area contributed by atoms with Gasteiger partial charge in [0.15, 0.2) is 0 Å². The summed E-state index contributed by atoms with van der Waals surface area (Å²) < 4.78 is 0. The molecule has 0 amide bonds. The Morgan fingerprint density at radius 2 is 0.690 bits per heavy atom. The molecular weight excluding hydrogens is 352 g/mol. The predicted molar refractivity (Wildman–Crippen MR) is 125 cm³/mol. The highest BCUT2D eigenvalue weighted by Crippen LogP contribution is 2.30. The van der Waals surface area contributed by atoms with Crippen LogP contribution in [0.5, 0.6) is 0 Å². The fraction of sp³-hybridized carbons (Fsp3) is 0.481. The molecule has 0 aromatic heterocycles. The molecule has 0 unspecified atom stereocenters. The van der Waals surface area contributed by atoms with Crippen LogP contribution in [0.25, 0.3) is 0 Å². The molecule has 0 N–H and O–H groups in total. The molecule has 29 heavy (non-hydrogen) atoms. The van der Waals surface area contributed by atoms with Crippen molar-refractivity contribution in [2.24, 2.45) is 0 Å². The smallest absolute Gasteiger partial charge is 0.0900 e. The summed E-state index contributed by atoms with van der Waals surface area (Å²) in [6.07, 6.45) is 4.53. The number of hydrogen-bond donors (Lipinski definition) is 0. The number of hydrogen-bond acceptors (Lipinski definition) is 2. The highest BCUT2D eigenvalue weighted by molar-refractivity contribution is 5.50. The van der Waals surface area contributed by atoms with Gasteiger partial charge in [-0.1, -0.05) is 0 Å². The molecule has 0 spiro atoms. The lowest BCUT2D eigenvalue weighted by Crippen LogP contribution is -2.26. The van der Waals surface area contributed by atoms with Gasteiger partial charge in [0.05, 0.1) is 6.67 Å². The van der Waals surface area contributed by atoms with E-state index in [0.29, 0.717) is 0 Å². The van der Waals surface area contributed by atoms with Crippen LogP contribution in [0.2, 0.25) is 0 Å². The maximum Gasteiger partial charge on any atom is 0.0900 e. The van der Waals surface area contributed by atoms with Gasteiger partial charge in [0.1, 0.15) is 0 Å². The van der Waals surface area contributed by atoms with E-state index in [0.717, 1.165) is 19.8 Å². The minimum atomic E-state index is 0.954. The Balaban J connectivity index is 1.79. The predicted octanol–water partition coefficient (Wildman–Crippen LogP) is 6.52. The van der Waals surface area contributed by atoms with E-state index in [-0.39, 0.29) is 0 Å². The lowest BCUT2D eigenvalue weighted by molar-refractivity contribution is 0.253. The molecule has 0 atom stereocenters. The summed E-state index contributed by atoms with van der Waals surface area (Å²) in [5, 5.41) is 0. The fourth-order valence-corrected chi connectivity index (χ4v) is 4.76. The molecule has 3 rings (SSSR count). The topological polar surface area (TPSA) is 6.48 Å². The van der Waals surface area contributed by atoms with E-state index in [4.69, 9.17) is 0 Å². The Bertz CT molecular complexity index is 857. The Labute approximate surface area is 178 Å². The molecule has 0 saturated carbocycles. The van der Waals surface area contributed by atoms with Crippen LogP contribution in [0.4, 0.5) is 0 Å². The summed E-state index contributed by atoms with van der Waals surface area (Å²) in [5.74, 6) is 0. The Hall–Kier alpha value is -2.22. The molecular formula is C27H38N2. The Kier molecular flexibility index (Phi) is 5.85. The lowest BCUT2D eigenvalue weighted by atomic mass is 9.89. The minimum absolute atomic E-state index is 0.954. The molecule has 2 heteroatoms. The van der Waals surface area contributed by atoms with E-state index >= 15 is 0 Å². The summed E-state index contributed by atoms with van der Waals surface area (Å²) in [7, 11) is 0. The highest BCUT2D eigenvalue weighted by atomic mass is 15.3. The summed E-state index contributed by atoms with van der Waals surface area (Å²) in [6.45, 7) is 25.6. The van der Waals surface area contributed by atoms with Crippen molar-refractivity contribution in [1.29, 1.82) is 0 Å². The maximum atomic E-state index is 2.45. The second-order valence-corrected chi connectivity index (χ2v) is 9.14. The first kappa shape index (κ1) is 21.5. The molecule has 1 aliphatic rings. The molecule has 0 fully saturated rings. The van der Waals surface area contributed by atoms with Crippen LogP contribution in [0, 0.1) is 69.2 Å². The van der Waals surface area contributed by atoms with E-state index in [9.17, 15) is 0 Å². The van der Waals surface area contributed by atoms with Crippen molar-refractivity contribution in [3.05, 3.63) is 79.2 Å². The van der Waals surface area contributed by atoms with Crippen molar-refractivity contribution in [3.8, 4) is 0 Å². The molecule has 1 heterocycles. The minimum Gasteiger partial charge on any atom is -0.354 e. The summed E-state index contributed by atoms with van der Waals surface area (Å²) in [6, 6.07) is 0. The van der Waals surface area contributed by atoms with Crippen molar-refractivity contribution in [2.45, 2.75) is 82.3 Å². The lowest BCUT2D eigenvalue weighted by Gasteiger charge is -2.27. The van der Waals surface area contributed by atoms with Crippen LogP contribution >= 0.6 is 0 Å². The van der Waals surface area contributed by atoms with Gasteiger partial charge in [-0.2, -0.15) is 0 Å². The number of rotatable bonds is 4. The Morgan fingerprint density at radius 1 is 0.448 bits per heavy atom. The fourth-order valence-electron chi connectivity index (χ4n) is 4.76. The molecule has 0 radical (unpaired) electrons. The van der Waals surface area contributed by atoms with Gasteiger partial charge >= 0.3 is 0 Å². The average Bonchev–Trinajstić information content (AvgIpc) is 3.15. The summed E-state index contributed by atoms with van der Waals surface area (Å²) >= 11 is 0.